The highest BCUT2D eigenvalue weighted by Crippen LogP contribution is 2.30. The Kier molecular flexibility index (Phi) is 5.03. The van der Waals surface area contributed by atoms with Crippen molar-refractivity contribution in [2.45, 2.75) is 19.4 Å². The van der Waals surface area contributed by atoms with Crippen LogP contribution in [0.3, 0.4) is 0 Å². The number of hydrogen-bond donors (Lipinski definition) is 1. The first-order valence-corrected chi connectivity index (χ1v) is 7.27. The van der Waals surface area contributed by atoms with Crippen LogP contribution in [0, 0.1) is 5.92 Å². The molecule has 0 aromatic heterocycles. The lowest BCUT2D eigenvalue weighted by molar-refractivity contribution is 0.139. The second-order valence-electron chi connectivity index (χ2n) is 4.83. The molecular weight excluding hydrogens is 292 g/mol. The van der Waals surface area contributed by atoms with Gasteiger partial charge in [-0.25, -0.2) is 0 Å². The summed E-state index contributed by atoms with van der Waals surface area (Å²) >= 11 is 3.58. The first-order valence-electron chi connectivity index (χ1n) is 6.47. The lowest BCUT2D eigenvalue weighted by Gasteiger charge is -2.34. The zero-order valence-electron chi connectivity index (χ0n) is 10.9. The van der Waals surface area contributed by atoms with Gasteiger partial charge in [0.05, 0.1) is 0 Å². The minimum absolute atomic E-state index is 0.578. The summed E-state index contributed by atoms with van der Waals surface area (Å²) < 4.78 is 6.35. The predicted molar refractivity (Wildman–Crippen MR) is 78.8 cm³/mol. The van der Waals surface area contributed by atoms with Crippen LogP contribution in [0.25, 0.3) is 0 Å². The van der Waals surface area contributed by atoms with Crippen LogP contribution in [-0.4, -0.2) is 26.8 Å². The Balaban J connectivity index is 2.07. The van der Waals surface area contributed by atoms with Gasteiger partial charge in [0.25, 0.3) is 0 Å². The Morgan fingerprint density at radius 2 is 2.11 bits per heavy atom. The molecule has 4 heteroatoms. The molecule has 18 heavy (non-hydrogen) atoms. The molecule has 0 saturated carbocycles. The molecule has 2 N–H and O–H groups in total. The highest BCUT2D eigenvalue weighted by atomic mass is 79.9. The van der Waals surface area contributed by atoms with Crippen molar-refractivity contribution in [2.24, 2.45) is 11.7 Å². The fourth-order valence-corrected chi connectivity index (χ4v) is 3.14. The third-order valence-corrected chi connectivity index (χ3v) is 4.40. The van der Waals surface area contributed by atoms with E-state index in [0.29, 0.717) is 12.5 Å². The monoisotopic (exact) mass is 312 g/mol. The SMILES string of the molecule is COCC1CCN(c2cccc(Br)c2CN)CC1. The van der Waals surface area contributed by atoms with Gasteiger partial charge in [0.15, 0.2) is 0 Å². The smallest absolute Gasteiger partial charge is 0.0491 e. The average Bonchev–Trinajstić information content (AvgIpc) is 2.40. The molecule has 0 unspecified atom stereocenters. The van der Waals surface area contributed by atoms with Crippen LogP contribution in [-0.2, 0) is 11.3 Å². The van der Waals surface area contributed by atoms with E-state index in [1.54, 1.807) is 7.11 Å². The summed E-state index contributed by atoms with van der Waals surface area (Å²) in [6.45, 7) is 3.65. The van der Waals surface area contributed by atoms with Crippen LogP contribution in [0.4, 0.5) is 5.69 Å². The van der Waals surface area contributed by atoms with E-state index < -0.39 is 0 Å². The summed E-state index contributed by atoms with van der Waals surface area (Å²) in [5.41, 5.74) is 8.35. The van der Waals surface area contributed by atoms with Crippen molar-refractivity contribution in [3.8, 4) is 0 Å². The van der Waals surface area contributed by atoms with E-state index in [0.717, 1.165) is 24.2 Å². The highest BCUT2D eigenvalue weighted by molar-refractivity contribution is 9.10. The number of nitrogens with zero attached hydrogens (tertiary/aromatic N) is 1. The van der Waals surface area contributed by atoms with Crippen molar-refractivity contribution in [1.82, 2.24) is 0 Å². The maximum atomic E-state index is 5.86. The number of methoxy groups -OCH3 is 1. The number of nitrogens with two attached hydrogens (primary N) is 1. The Morgan fingerprint density at radius 1 is 1.39 bits per heavy atom. The number of rotatable bonds is 4. The number of anilines is 1. The van der Waals surface area contributed by atoms with Crippen LogP contribution in [0.5, 0.6) is 0 Å². The molecule has 2 rings (SSSR count). The second-order valence-corrected chi connectivity index (χ2v) is 5.68. The molecule has 1 heterocycles. The summed E-state index contributed by atoms with van der Waals surface area (Å²) in [6, 6.07) is 6.31. The van der Waals surface area contributed by atoms with Gasteiger partial charge in [-0.2, -0.15) is 0 Å². The summed E-state index contributed by atoms with van der Waals surface area (Å²) in [5, 5.41) is 0. The first-order chi connectivity index (χ1) is 8.76. The Morgan fingerprint density at radius 3 is 2.72 bits per heavy atom. The maximum absolute atomic E-state index is 5.86. The third-order valence-electron chi connectivity index (χ3n) is 3.66. The fraction of sp³-hybridized carbons (Fsp3) is 0.571. The van der Waals surface area contributed by atoms with Crippen LogP contribution >= 0.6 is 15.9 Å². The van der Waals surface area contributed by atoms with E-state index >= 15 is 0 Å². The van der Waals surface area contributed by atoms with Gasteiger partial charge in [-0.3, -0.25) is 0 Å². The van der Waals surface area contributed by atoms with E-state index in [2.05, 4.69) is 39.0 Å². The van der Waals surface area contributed by atoms with Crippen molar-refractivity contribution in [3.63, 3.8) is 0 Å². The molecule has 0 amide bonds. The number of piperidine rings is 1. The van der Waals surface area contributed by atoms with E-state index in [9.17, 15) is 0 Å². The number of ether oxygens (including phenoxy) is 1. The molecule has 1 saturated heterocycles. The Hall–Kier alpha value is -0.580. The van der Waals surface area contributed by atoms with Gasteiger partial charge >= 0.3 is 0 Å². The van der Waals surface area contributed by atoms with E-state index in [1.807, 2.05) is 0 Å². The molecule has 1 aromatic rings. The van der Waals surface area contributed by atoms with Crippen molar-refractivity contribution in [1.29, 1.82) is 0 Å². The molecule has 3 nitrogen and oxygen atoms in total. The van der Waals surface area contributed by atoms with Crippen LogP contribution in [0.2, 0.25) is 0 Å². The molecule has 1 aliphatic heterocycles. The Bertz CT molecular complexity index is 389. The van der Waals surface area contributed by atoms with Crippen LogP contribution in [0.15, 0.2) is 22.7 Å². The van der Waals surface area contributed by atoms with Gasteiger partial charge in [-0.15, -0.1) is 0 Å². The molecule has 0 aliphatic carbocycles. The average molecular weight is 313 g/mol. The quantitative estimate of drug-likeness (QED) is 0.929. The normalized spacial score (nSPS) is 17.2. The van der Waals surface area contributed by atoms with E-state index in [4.69, 9.17) is 10.5 Å². The molecule has 1 aromatic carbocycles. The number of benzene rings is 1. The fourth-order valence-electron chi connectivity index (χ4n) is 2.62. The molecule has 1 aliphatic rings. The zero-order chi connectivity index (χ0) is 13.0. The minimum Gasteiger partial charge on any atom is -0.384 e. The van der Waals surface area contributed by atoms with E-state index in [1.165, 1.54) is 24.1 Å². The van der Waals surface area contributed by atoms with Gasteiger partial charge in [0.2, 0.25) is 0 Å². The molecule has 0 atom stereocenters. The summed E-state index contributed by atoms with van der Waals surface area (Å²) in [4.78, 5) is 2.44. The molecule has 0 spiro atoms. The summed E-state index contributed by atoms with van der Waals surface area (Å²) in [7, 11) is 1.78. The largest absolute Gasteiger partial charge is 0.384 e. The minimum atomic E-state index is 0.578. The van der Waals surface area contributed by atoms with Crippen molar-refractivity contribution in [2.75, 3.05) is 31.7 Å². The zero-order valence-corrected chi connectivity index (χ0v) is 12.4. The Labute approximate surface area is 117 Å². The maximum Gasteiger partial charge on any atom is 0.0491 e. The van der Waals surface area contributed by atoms with Gasteiger partial charge < -0.3 is 15.4 Å². The number of hydrogen-bond acceptors (Lipinski definition) is 3. The molecule has 100 valence electrons. The lowest BCUT2D eigenvalue weighted by atomic mass is 9.97. The standard InChI is InChI=1S/C14H21BrN2O/c1-18-10-11-5-7-17(8-6-11)14-4-2-3-13(15)12(14)9-16/h2-4,11H,5-10,16H2,1H3. The summed E-state index contributed by atoms with van der Waals surface area (Å²) in [6.07, 6.45) is 2.40. The van der Waals surface area contributed by atoms with Crippen molar-refractivity contribution in [3.05, 3.63) is 28.2 Å². The second kappa shape index (κ2) is 6.55. The lowest BCUT2D eigenvalue weighted by Crippen LogP contribution is -2.35. The first kappa shape index (κ1) is 13.8. The number of halogens is 1. The van der Waals surface area contributed by atoms with Crippen LogP contribution < -0.4 is 10.6 Å². The molecule has 1 fully saturated rings. The van der Waals surface area contributed by atoms with E-state index in [-0.39, 0.29) is 0 Å². The summed E-state index contributed by atoms with van der Waals surface area (Å²) in [5.74, 6) is 0.708. The topological polar surface area (TPSA) is 38.5 Å². The molecular formula is C14H21BrN2O. The molecule has 0 bridgehead atoms. The van der Waals surface area contributed by atoms with Crippen LogP contribution in [0.1, 0.15) is 18.4 Å². The third kappa shape index (κ3) is 3.05. The van der Waals surface area contributed by atoms with Crippen molar-refractivity contribution < 1.29 is 4.74 Å². The van der Waals surface area contributed by atoms with Gasteiger partial charge in [0.1, 0.15) is 0 Å². The van der Waals surface area contributed by atoms with Crippen molar-refractivity contribution >= 4 is 21.6 Å². The highest BCUT2D eigenvalue weighted by Gasteiger charge is 2.21. The van der Waals surface area contributed by atoms with Gasteiger partial charge in [0, 0.05) is 49.1 Å². The molecule has 0 radical (unpaired) electrons. The van der Waals surface area contributed by atoms with Gasteiger partial charge in [-0.05, 0) is 30.9 Å². The predicted octanol–water partition coefficient (Wildman–Crippen LogP) is 2.77. The van der Waals surface area contributed by atoms with Gasteiger partial charge in [-0.1, -0.05) is 22.0 Å².